The smallest absolute Gasteiger partial charge is 0.291 e. The number of carbonyl (C=O) groups excluding carboxylic acids is 1. The van der Waals surface area contributed by atoms with Gasteiger partial charge in [-0.05, 0) is 54.8 Å². The third-order valence-corrected chi connectivity index (χ3v) is 6.45. The summed E-state index contributed by atoms with van der Waals surface area (Å²) in [6.07, 6.45) is 1.79. The van der Waals surface area contributed by atoms with Crippen LogP contribution in [-0.4, -0.2) is 30.1 Å². The maximum Gasteiger partial charge on any atom is 0.291 e. The van der Waals surface area contributed by atoms with Crippen LogP contribution in [0.25, 0.3) is 11.0 Å². The van der Waals surface area contributed by atoms with E-state index >= 15 is 0 Å². The first-order chi connectivity index (χ1) is 16.7. The molecule has 4 aromatic rings. The zero-order chi connectivity index (χ0) is 23.1. The molecule has 3 aromatic carbocycles. The lowest BCUT2D eigenvalue weighted by Crippen LogP contribution is -2.36. The molecule has 0 N–H and O–H groups in total. The van der Waals surface area contributed by atoms with Gasteiger partial charge in [0.2, 0.25) is 5.76 Å². The summed E-state index contributed by atoms with van der Waals surface area (Å²) >= 11 is 0. The van der Waals surface area contributed by atoms with Crippen LogP contribution >= 0.6 is 0 Å². The van der Waals surface area contributed by atoms with Gasteiger partial charge in [-0.25, -0.2) is 0 Å². The second-order valence-corrected chi connectivity index (χ2v) is 8.65. The van der Waals surface area contributed by atoms with Gasteiger partial charge < -0.3 is 18.8 Å². The second-order valence-electron chi connectivity index (χ2n) is 8.65. The zero-order valence-corrected chi connectivity index (χ0v) is 18.5. The minimum atomic E-state index is -0.577. The van der Waals surface area contributed by atoms with Crippen molar-refractivity contribution in [3.05, 3.63) is 106 Å². The first-order valence-electron chi connectivity index (χ1n) is 11.5. The van der Waals surface area contributed by atoms with E-state index in [1.54, 1.807) is 29.2 Å². The Morgan fingerprint density at radius 3 is 2.53 bits per heavy atom. The van der Waals surface area contributed by atoms with Crippen molar-refractivity contribution in [3.63, 3.8) is 0 Å². The molecule has 1 saturated heterocycles. The van der Waals surface area contributed by atoms with Crippen molar-refractivity contribution in [1.82, 2.24) is 4.90 Å². The van der Waals surface area contributed by atoms with E-state index in [4.69, 9.17) is 13.9 Å². The lowest BCUT2D eigenvalue weighted by Gasteiger charge is -2.27. The Kier molecular flexibility index (Phi) is 5.15. The van der Waals surface area contributed by atoms with Crippen LogP contribution in [0, 0.1) is 0 Å². The van der Waals surface area contributed by atoms with Crippen LogP contribution in [-0.2, 0) is 4.74 Å². The van der Waals surface area contributed by atoms with Crippen LogP contribution < -0.4 is 10.2 Å². The molecule has 2 atom stereocenters. The average Bonchev–Trinajstić information content (AvgIpc) is 3.47. The summed E-state index contributed by atoms with van der Waals surface area (Å²) in [4.78, 5) is 28.9. The topological polar surface area (TPSA) is 69.0 Å². The third-order valence-electron chi connectivity index (χ3n) is 6.45. The fourth-order valence-electron chi connectivity index (χ4n) is 4.88. The predicted molar refractivity (Wildman–Crippen MR) is 127 cm³/mol. The Balaban J connectivity index is 1.47. The molecule has 2 aliphatic heterocycles. The molecule has 0 unspecified atom stereocenters. The van der Waals surface area contributed by atoms with Crippen LogP contribution in [0.5, 0.6) is 11.5 Å². The molecule has 0 radical (unpaired) electrons. The third kappa shape index (κ3) is 3.56. The van der Waals surface area contributed by atoms with E-state index in [0.717, 1.165) is 18.4 Å². The van der Waals surface area contributed by atoms with Crippen molar-refractivity contribution in [2.24, 2.45) is 0 Å². The van der Waals surface area contributed by atoms with Crippen molar-refractivity contribution in [1.29, 1.82) is 0 Å². The van der Waals surface area contributed by atoms with Gasteiger partial charge in [-0.3, -0.25) is 9.59 Å². The monoisotopic (exact) mass is 453 g/mol. The van der Waals surface area contributed by atoms with Crippen molar-refractivity contribution >= 4 is 16.9 Å². The summed E-state index contributed by atoms with van der Waals surface area (Å²) in [5.74, 6) is 1.17. The Morgan fingerprint density at radius 2 is 1.71 bits per heavy atom. The summed E-state index contributed by atoms with van der Waals surface area (Å²) in [6, 6.07) is 23.5. The van der Waals surface area contributed by atoms with Gasteiger partial charge in [0.15, 0.2) is 5.43 Å². The fourth-order valence-corrected chi connectivity index (χ4v) is 4.88. The number of para-hydroxylation sites is 2. The molecular weight excluding hydrogens is 430 g/mol. The van der Waals surface area contributed by atoms with E-state index < -0.39 is 6.04 Å². The molecule has 0 aliphatic carbocycles. The Labute approximate surface area is 196 Å². The Hall–Kier alpha value is -3.90. The molecule has 1 amide bonds. The number of carbonyl (C=O) groups is 1. The number of amides is 1. The van der Waals surface area contributed by atoms with Crippen molar-refractivity contribution in [3.8, 4) is 11.5 Å². The molecule has 6 nitrogen and oxygen atoms in total. The minimum absolute atomic E-state index is 0.0611. The van der Waals surface area contributed by atoms with Gasteiger partial charge in [0.25, 0.3) is 5.91 Å². The molecule has 6 rings (SSSR count). The van der Waals surface area contributed by atoms with E-state index in [2.05, 4.69) is 0 Å². The fraction of sp³-hybridized carbons (Fsp3) is 0.214. The number of nitrogens with zero attached hydrogens (tertiary/aromatic N) is 1. The van der Waals surface area contributed by atoms with Crippen molar-refractivity contribution in [2.45, 2.75) is 25.0 Å². The molecule has 2 aliphatic rings. The van der Waals surface area contributed by atoms with E-state index in [1.807, 2.05) is 54.6 Å². The van der Waals surface area contributed by atoms with E-state index in [-0.39, 0.29) is 23.2 Å². The van der Waals surface area contributed by atoms with E-state index in [9.17, 15) is 9.59 Å². The molecule has 1 fully saturated rings. The number of hydrogen-bond donors (Lipinski definition) is 0. The Morgan fingerprint density at radius 1 is 0.912 bits per heavy atom. The SMILES string of the molecule is O=C1c2oc3ccccc3c(=O)c2[C@@H](c2cccc(Oc3ccccc3)c2)N1C[C@H]1CCCO1. The summed E-state index contributed by atoms with van der Waals surface area (Å²) in [5, 5.41) is 0.467. The summed E-state index contributed by atoms with van der Waals surface area (Å²) in [6.45, 7) is 1.08. The van der Waals surface area contributed by atoms with Gasteiger partial charge in [0, 0.05) is 13.2 Å². The first kappa shape index (κ1) is 20.7. The minimum Gasteiger partial charge on any atom is -0.457 e. The summed E-state index contributed by atoms with van der Waals surface area (Å²) in [5.41, 5.74) is 1.40. The van der Waals surface area contributed by atoms with Crippen LogP contribution in [0.2, 0.25) is 0 Å². The van der Waals surface area contributed by atoms with Crippen molar-refractivity contribution in [2.75, 3.05) is 13.2 Å². The lowest BCUT2D eigenvalue weighted by molar-refractivity contribution is 0.0486. The quantitative estimate of drug-likeness (QED) is 0.410. The molecule has 6 heteroatoms. The first-order valence-corrected chi connectivity index (χ1v) is 11.5. The van der Waals surface area contributed by atoms with E-state index in [0.29, 0.717) is 41.2 Å². The summed E-state index contributed by atoms with van der Waals surface area (Å²) < 4.78 is 17.9. The molecule has 170 valence electrons. The van der Waals surface area contributed by atoms with Crippen LogP contribution in [0.15, 0.2) is 88.1 Å². The predicted octanol–water partition coefficient (Wildman–Crippen LogP) is 5.31. The van der Waals surface area contributed by atoms with Crippen LogP contribution in [0.1, 0.15) is 40.6 Å². The van der Waals surface area contributed by atoms with Gasteiger partial charge in [-0.1, -0.05) is 42.5 Å². The zero-order valence-electron chi connectivity index (χ0n) is 18.5. The van der Waals surface area contributed by atoms with Gasteiger partial charge in [0.05, 0.1) is 23.1 Å². The second kappa shape index (κ2) is 8.47. The van der Waals surface area contributed by atoms with Gasteiger partial charge in [0.1, 0.15) is 17.1 Å². The Bertz CT molecular complexity index is 1420. The van der Waals surface area contributed by atoms with E-state index in [1.165, 1.54) is 0 Å². The molecule has 0 bridgehead atoms. The highest BCUT2D eigenvalue weighted by molar-refractivity contribution is 5.99. The molecule has 34 heavy (non-hydrogen) atoms. The standard InChI is InChI=1S/C28H23NO5/c30-26-22-13-4-5-14-23(22)34-27-24(26)25(29(28(27)31)17-21-12-7-15-32-21)18-8-6-11-20(16-18)33-19-9-2-1-3-10-19/h1-6,8-11,13-14,16,21,25H,7,12,15,17H2/t21-,25-/m1/s1. The maximum atomic E-state index is 13.6. The number of fused-ring (bicyclic) bond motifs is 2. The average molecular weight is 453 g/mol. The van der Waals surface area contributed by atoms with Gasteiger partial charge in [-0.2, -0.15) is 0 Å². The van der Waals surface area contributed by atoms with Gasteiger partial charge in [-0.15, -0.1) is 0 Å². The normalized spacial score (nSPS) is 19.5. The number of ether oxygens (including phenoxy) is 2. The highest BCUT2D eigenvalue weighted by Gasteiger charge is 2.44. The summed E-state index contributed by atoms with van der Waals surface area (Å²) in [7, 11) is 0. The van der Waals surface area contributed by atoms with Crippen LogP contribution in [0.3, 0.4) is 0 Å². The highest BCUT2D eigenvalue weighted by Crippen LogP contribution is 2.40. The van der Waals surface area contributed by atoms with Gasteiger partial charge >= 0.3 is 0 Å². The molecular formula is C28H23NO5. The maximum absolute atomic E-state index is 13.6. The van der Waals surface area contributed by atoms with Crippen LogP contribution in [0.4, 0.5) is 0 Å². The number of benzene rings is 3. The molecule has 1 aromatic heterocycles. The largest absolute Gasteiger partial charge is 0.457 e. The molecule has 0 saturated carbocycles. The number of rotatable bonds is 5. The highest BCUT2D eigenvalue weighted by atomic mass is 16.5. The number of hydrogen-bond acceptors (Lipinski definition) is 5. The lowest BCUT2D eigenvalue weighted by atomic mass is 9.98. The molecule has 3 heterocycles. The molecule has 0 spiro atoms. The van der Waals surface area contributed by atoms with Crippen molar-refractivity contribution < 1.29 is 18.7 Å².